The monoisotopic (exact) mass is 154 g/mol. The maximum Gasteiger partial charge on any atom is 0.119 e. The highest BCUT2D eigenvalue weighted by molar-refractivity contribution is 5.26. The normalized spacial score (nSPS) is 11.8. The van der Waals surface area contributed by atoms with Crippen LogP contribution in [0.15, 0.2) is 36.7 Å². The van der Waals surface area contributed by atoms with E-state index >= 15 is 0 Å². The Labute approximate surface area is 68.1 Å². The molecule has 11 heavy (non-hydrogen) atoms. The van der Waals surface area contributed by atoms with Gasteiger partial charge in [0.1, 0.15) is 5.83 Å². The van der Waals surface area contributed by atoms with Gasteiger partial charge in [-0.25, -0.2) is 4.39 Å². The Kier molecular flexibility index (Phi) is 4.51. The van der Waals surface area contributed by atoms with Gasteiger partial charge in [0, 0.05) is 0 Å². The fraction of sp³-hybridized carbons (Fsp3) is 0.400. The first-order chi connectivity index (χ1) is 5.07. The van der Waals surface area contributed by atoms with Crippen molar-refractivity contribution in [3.8, 4) is 0 Å². The molecule has 0 nitrogen and oxygen atoms in total. The van der Waals surface area contributed by atoms with E-state index in [9.17, 15) is 4.39 Å². The summed E-state index contributed by atoms with van der Waals surface area (Å²) in [6.45, 7) is 10.8. The molecule has 0 rings (SSSR count). The van der Waals surface area contributed by atoms with Crippen LogP contribution in [0, 0.1) is 5.92 Å². The molecule has 0 aromatic heterocycles. The lowest BCUT2D eigenvalue weighted by Gasteiger charge is -2.05. The molecule has 0 spiro atoms. The smallest absolute Gasteiger partial charge is 0.119 e. The summed E-state index contributed by atoms with van der Waals surface area (Å²) >= 11 is 0. The Balaban J connectivity index is 4.23. The van der Waals surface area contributed by atoms with E-state index in [0.717, 1.165) is 6.42 Å². The molecule has 0 aromatic carbocycles. The standard InChI is InChI=1S/C10H15F/c1-5-6-10(9(4)11)7-8(2)3/h5-6,8H,1,4,7H2,2-3H3/b10-6-. The quantitative estimate of drug-likeness (QED) is 0.542. The number of hydrogen-bond acceptors (Lipinski definition) is 0. The van der Waals surface area contributed by atoms with Crippen LogP contribution in [0.3, 0.4) is 0 Å². The topological polar surface area (TPSA) is 0 Å². The predicted octanol–water partition coefficient (Wildman–Crippen LogP) is 3.63. The summed E-state index contributed by atoms with van der Waals surface area (Å²) in [5.41, 5.74) is 0.648. The van der Waals surface area contributed by atoms with Gasteiger partial charge in [-0.2, -0.15) is 0 Å². The van der Waals surface area contributed by atoms with E-state index in [2.05, 4.69) is 13.2 Å². The molecule has 0 aliphatic rings. The van der Waals surface area contributed by atoms with E-state index < -0.39 is 0 Å². The summed E-state index contributed by atoms with van der Waals surface area (Å²) in [4.78, 5) is 0. The van der Waals surface area contributed by atoms with Gasteiger partial charge in [0.25, 0.3) is 0 Å². The molecule has 1 heteroatoms. The van der Waals surface area contributed by atoms with Crippen molar-refractivity contribution in [3.05, 3.63) is 36.7 Å². The Morgan fingerprint density at radius 3 is 2.36 bits per heavy atom. The highest BCUT2D eigenvalue weighted by atomic mass is 19.1. The van der Waals surface area contributed by atoms with Crippen LogP contribution in [-0.4, -0.2) is 0 Å². The second kappa shape index (κ2) is 4.89. The SMILES string of the molecule is C=C/C=C(/CC(C)C)C(=C)F. The van der Waals surface area contributed by atoms with Gasteiger partial charge in [-0.1, -0.05) is 39.2 Å². The van der Waals surface area contributed by atoms with Crippen molar-refractivity contribution >= 4 is 0 Å². The Morgan fingerprint density at radius 2 is 2.09 bits per heavy atom. The van der Waals surface area contributed by atoms with Crippen molar-refractivity contribution < 1.29 is 4.39 Å². The lowest BCUT2D eigenvalue weighted by Crippen LogP contribution is -1.91. The average molecular weight is 154 g/mol. The van der Waals surface area contributed by atoms with Crippen LogP contribution in [0.1, 0.15) is 20.3 Å². The van der Waals surface area contributed by atoms with Crippen LogP contribution < -0.4 is 0 Å². The van der Waals surface area contributed by atoms with Crippen molar-refractivity contribution in [2.75, 3.05) is 0 Å². The van der Waals surface area contributed by atoms with Gasteiger partial charge in [-0.15, -0.1) is 0 Å². The van der Waals surface area contributed by atoms with E-state index in [1.807, 2.05) is 13.8 Å². The van der Waals surface area contributed by atoms with Gasteiger partial charge in [0.2, 0.25) is 0 Å². The maximum absolute atomic E-state index is 12.6. The summed E-state index contributed by atoms with van der Waals surface area (Å²) in [5, 5.41) is 0. The highest BCUT2D eigenvalue weighted by Crippen LogP contribution is 2.18. The van der Waals surface area contributed by atoms with Gasteiger partial charge in [0.15, 0.2) is 0 Å². The second-order valence-corrected chi connectivity index (χ2v) is 2.93. The average Bonchev–Trinajstić information content (AvgIpc) is 1.86. The van der Waals surface area contributed by atoms with Crippen LogP contribution in [0.5, 0.6) is 0 Å². The largest absolute Gasteiger partial charge is 0.207 e. The van der Waals surface area contributed by atoms with Crippen LogP contribution in [0.25, 0.3) is 0 Å². The van der Waals surface area contributed by atoms with Crippen molar-refractivity contribution in [1.82, 2.24) is 0 Å². The molecule has 0 saturated heterocycles. The van der Waals surface area contributed by atoms with Gasteiger partial charge in [-0.3, -0.25) is 0 Å². The molecule has 62 valence electrons. The second-order valence-electron chi connectivity index (χ2n) is 2.93. The molecule has 0 aliphatic heterocycles. The summed E-state index contributed by atoms with van der Waals surface area (Å²) in [6, 6.07) is 0. The zero-order valence-electron chi connectivity index (χ0n) is 7.23. The summed E-state index contributed by atoms with van der Waals surface area (Å²) in [7, 11) is 0. The molecule has 0 bridgehead atoms. The molecule has 0 aliphatic carbocycles. The fourth-order valence-corrected chi connectivity index (χ4v) is 0.851. The van der Waals surface area contributed by atoms with Crippen molar-refractivity contribution in [2.45, 2.75) is 20.3 Å². The van der Waals surface area contributed by atoms with E-state index in [1.165, 1.54) is 0 Å². The minimum Gasteiger partial charge on any atom is -0.207 e. The summed E-state index contributed by atoms with van der Waals surface area (Å²) in [6.07, 6.45) is 3.98. The molecule has 0 radical (unpaired) electrons. The molecule has 0 saturated carbocycles. The Hall–Kier alpha value is -0.850. The first kappa shape index (κ1) is 10.2. The van der Waals surface area contributed by atoms with E-state index in [4.69, 9.17) is 0 Å². The van der Waals surface area contributed by atoms with Gasteiger partial charge < -0.3 is 0 Å². The molecule has 0 amide bonds. The van der Waals surface area contributed by atoms with Crippen molar-refractivity contribution in [1.29, 1.82) is 0 Å². The van der Waals surface area contributed by atoms with Crippen LogP contribution in [0.2, 0.25) is 0 Å². The molecule has 0 aromatic rings. The van der Waals surface area contributed by atoms with Gasteiger partial charge in [-0.05, 0) is 17.9 Å². The van der Waals surface area contributed by atoms with Crippen LogP contribution in [-0.2, 0) is 0 Å². The summed E-state index contributed by atoms with van der Waals surface area (Å²) in [5.74, 6) is 0.104. The number of rotatable bonds is 4. The minimum atomic E-state index is -0.349. The lowest BCUT2D eigenvalue weighted by atomic mass is 10.0. The van der Waals surface area contributed by atoms with Crippen molar-refractivity contribution in [3.63, 3.8) is 0 Å². The van der Waals surface area contributed by atoms with E-state index in [0.29, 0.717) is 11.5 Å². The minimum absolute atomic E-state index is 0.349. The number of hydrogen-bond donors (Lipinski definition) is 0. The number of allylic oxidation sites excluding steroid dienone is 4. The first-order valence-corrected chi connectivity index (χ1v) is 3.74. The van der Waals surface area contributed by atoms with Crippen LogP contribution >= 0.6 is 0 Å². The zero-order chi connectivity index (χ0) is 8.85. The molecular weight excluding hydrogens is 139 g/mol. The third kappa shape index (κ3) is 4.54. The molecule has 0 unspecified atom stereocenters. The molecular formula is C10H15F. The van der Waals surface area contributed by atoms with Gasteiger partial charge >= 0.3 is 0 Å². The van der Waals surface area contributed by atoms with Crippen LogP contribution in [0.4, 0.5) is 4.39 Å². The van der Waals surface area contributed by atoms with E-state index in [-0.39, 0.29) is 5.83 Å². The third-order valence-electron chi connectivity index (χ3n) is 1.30. The molecule has 0 atom stereocenters. The number of halogens is 1. The van der Waals surface area contributed by atoms with Crippen molar-refractivity contribution in [2.24, 2.45) is 5.92 Å². The molecule has 0 N–H and O–H groups in total. The Morgan fingerprint density at radius 1 is 1.55 bits per heavy atom. The lowest BCUT2D eigenvalue weighted by molar-refractivity contribution is 0.590. The first-order valence-electron chi connectivity index (χ1n) is 3.74. The fourth-order valence-electron chi connectivity index (χ4n) is 0.851. The zero-order valence-corrected chi connectivity index (χ0v) is 7.23. The Bertz CT molecular complexity index is 175. The summed E-state index contributed by atoms with van der Waals surface area (Å²) < 4.78 is 12.6. The van der Waals surface area contributed by atoms with E-state index in [1.54, 1.807) is 12.2 Å². The van der Waals surface area contributed by atoms with Gasteiger partial charge in [0.05, 0.1) is 0 Å². The maximum atomic E-state index is 12.6. The molecule has 0 heterocycles. The third-order valence-corrected chi connectivity index (χ3v) is 1.30. The molecule has 0 fully saturated rings. The highest BCUT2D eigenvalue weighted by Gasteiger charge is 2.02. The predicted molar refractivity (Wildman–Crippen MR) is 48.0 cm³/mol.